The number of hydrogen-bond acceptors (Lipinski definition) is 2. The molecule has 7 heteroatoms. The Labute approximate surface area is 116 Å². The molecule has 1 fully saturated rings. The summed E-state index contributed by atoms with van der Waals surface area (Å²) >= 11 is 5.94. The number of carboxylic acids is 1. The SMILES string of the molecule is O=C(O)c1c(Cl)n(C2CC2)c2c(F)c(F)ccc2c1=O. The molecular formula is C13H8ClF2NO3. The summed E-state index contributed by atoms with van der Waals surface area (Å²) in [6.07, 6.45) is 1.35. The number of fused-ring (bicyclic) bond motifs is 1. The average Bonchev–Trinajstić information content (AvgIpc) is 3.18. The Bertz CT molecular complexity index is 812. The molecule has 0 saturated heterocycles. The Morgan fingerprint density at radius 2 is 2.00 bits per heavy atom. The Morgan fingerprint density at radius 3 is 2.55 bits per heavy atom. The monoisotopic (exact) mass is 299 g/mol. The van der Waals surface area contributed by atoms with E-state index < -0.39 is 28.6 Å². The van der Waals surface area contributed by atoms with Crippen molar-refractivity contribution in [3.05, 3.63) is 44.7 Å². The molecule has 0 spiro atoms. The molecule has 0 radical (unpaired) electrons. The van der Waals surface area contributed by atoms with Crippen LogP contribution in [0, 0.1) is 11.6 Å². The molecule has 0 bridgehead atoms. The minimum Gasteiger partial charge on any atom is -0.477 e. The van der Waals surface area contributed by atoms with Crippen LogP contribution in [0.2, 0.25) is 5.15 Å². The summed E-state index contributed by atoms with van der Waals surface area (Å²) in [5.41, 5.74) is -1.79. The van der Waals surface area contributed by atoms with E-state index in [9.17, 15) is 18.4 Å². The summed E-state index contributed by atoms with van der Waals surface area (Å²) < 4.78 is 28.6. The van der Waals surface area contributed by atoms with Crippen molar-refractivity contribution < 1.29 is 18.7 Å². The van der Waals surface area contributed by atoms with E-state index in [-0.39, 0.29) is 22.1 Å². The lowest BCUT2D eigenvalue weighted by atomic mass is 10.1. The first kappa shape index (κ1) is 13.1. The lowest BCUT2D eigenvalue weighted by Crippen LogP contribution is -2.21. The van der Waals surface area contributed by atoms with Crippen molar-refractivity contribution in [3.63, 3.8) is 0 Å². The lowest BCUT2D eigenvalue weighted by molar-refractivity contribution is 0.0695. The molecule has 0 unspecified atom stereocenters. The van der Waals surface area contributed by atoms with Crippen molar-refractivity contribution in [1.29, 1.82) is 0 Å². The third-order valence-electron chi connectivity index (χ3n) is 3.33. The number of aromatic carboxylic acids is 1. The minimum atomic E-state index is -1.49. The van der Waals surface area contributed by atoms with Crippen molar-refractivity contribution in [2.24, 2.45) is 0 Å². The van der Waals surface area contributed by atoms with Crippen LogP contribution in [0.1, 0.15) is 29.2 Å². The fraction of sp³-hybridized carbons (Fsp3) is 0.231. The van der Waals surface area contributed by atoms with Crippen molar-refractivity contribution in [3.8, 4) is 0 Å². The van der Waals surface area contributed by atoms with Gasteiger partial charge in [-0.2, -0.15) is 0 Å². The highest BCUT2D eigenvalue weighted by atomic mass is 35.5. The Balaban J connectivity index is 2.57. The summed E-state index contributed by atoms with van der Waals surface area (Å²) in [6.45, 7) is 0. The van der Waals surface area contributed by atoms with Crippen molar-refractivity contribution in [1.82, 2.24) is 4.57 Å². The first-order valence-electron chi connectivity index (χ1n) is 5.88. The smallest absolute Gasteiger partial charge is 0.342 e. The summed E-state index contributed by atoms with van der Waals surface area (Å²) in [6, 6.07) is 1.67. The predicted molar refractivity (Wildman–Crippen MR) is 68.4 cm³/mol. The molecule has 20 heavy (non-hydrogen) atoms. The Hall–Kier alpha value is -1.95. The lowest BCUT2D eigenvalue weighted by Gasteiger charge is -2.15. The molecule has 1 aromatic carbocycles. The van der Waals surface area contributed by atoms with Gasteiger partial charge in [0.05, 0.1) is 5.52 Å². The number of rotatable bonds is 2. The molecule has 104 valence electrons. The highest BCUT2D eigenvalue weighted by Gasteiger charge is 2.32. The van der Waals surface area contributed by atoms with Crippen molar-refractivity contribution in [2.45, 2.75) is 18.9 Å². The highest BCUT2D eigenvalue weighted by Crippen LogP contribution is 2.40. The van der Waals surface area contributed by atoms with Gasteiger partial charge < -0.3 is 9.67 Å². The van der Waals surface area contributed by atoms with Gasteiger partial charge in [0.2, 0.25) is 5.43 Å². The maximum Gasteiger partial charge on any atom is 0.342 e. The zero-order valence-corrected chi connectivity index (χ0v) is 10.7. The quantitative estimate of drug-likeness (QED) is 0.867. The highest BCUT2D eigenvalue weighted by molar-refractivity contribution is 6.33. The van der Waals surface area contributed by atoms with Crippen LogP contribution in [0.25, 0.3) is 10.9 Å². The maximum atomic E-state index is 14.0. The number of benzene rings is 1. The second-order valence-electron chi connectivity index (χ2n) is 4.66. The summed E-state index contributed by atoms with van der Waals surface area (Å²) in [5.74, 6) is -3.78. The summed E-state index contributed by atoms with van der Waals surface area (Å²) in [4.78, 5) is 23.2. The molecule has 1 aromatic heterocycles. The molecule has 1 aliphatic carbocycles. The van der Waals surface area contributed by atoms with Crippen LogP contribution in [-0.4, -0.2) is 15.6 Å². The van der Waals surface area contributed by atoms with Gasteiger partial charge in [-0.1, -0.05) is 11.6 Å². The third-order valence-corrected chi connectivity index (χ3v) is 3.70. The molecule has 1 heterocycles. The van der Waals surface area contributed by atoms with Crippen molar-refractivity contribution >= 4 is 28.5 Å². The van der Waals surface area contributed by atoms with Crippen LogP contribution in [0.5, 0.6) is 0 Å². The number of aromatic nitrogens is 1. The maximum absolute atomic E-state index is 14.0. The topological polar surface area (TPSA) is 59.3 Å². The van der Waals surface area contributed by atoms with Crippen LogP contribution < -0.4 is 5.43 Å². The van der Waals surface area contributed by atoms with Gasteiger partial charge in [-0.25, -0.2) is 13.6 Å². The molecule has 4 nitrogen and oxygen atoms in total. The fourth-order valence-electron chi connectivity index (χ4n) is 2.27. The van der Waals surface area contributed by atoms with E-state index in [4.69, 9.17) is 16.7 Å². The second kappa shape index (κ2) is 4.28. The van der Waals surface area contributed by atoms with Gasteiger partial charge in [0.15, 0.2) is 11.6 Å². The van der Waals surface area contributed by atoms with Gasteiger partial charge in [-0.3, -0.25) is 4.79 Å². The number of carboxylic acid groups (broad SMARTS) is 1. The zero-order chi connectivity index (χ0) is 14.6. The van der Waals surface area contributed by atoms with Gasteiger partial charge in [-0.05, 0) is 25.0 Å². The van der Waals surface area contributed by atoms with Crippen LogP contribution in [0.15, 0.2) is 16.9 Å². The van der Waals surface area contributed by atoms with Crippen molar-refractivity contribution in [2.75, 3.05) is 0 Å². The van der Waals surface area contributed by atoms with Crippen LogP contribution in [0.4, 0.5) is 8.78 Å². The van der Waals surface area contributed by atoms with Crippen LogP contribution in [-0.2, 0) is 0 Å². The van der Waals surface area contributed by atoms with E-state index in [1.54, 1.807) is 0 Å². The first-order chi connectivity index (χ1) is 9.43. The second-order valence-corrected chi connectivity index (χ2v) is 5.02. The standard InChI is InChI=1S/C13H8ClF2NO3/c14-12-8(13(19)20)11(18)6-3-4-7(15)9(16)10(6)17(12)5-1-2-5/h3-5H,1-2H2,(H,19,20). The van der Waals surface area contributed by atoms with Gasteiger partial charge in [-0.15, -0.1) is 0 Å². The first-order valence-corrected chi connectivity index (χ1v) is 6.26. The number of carbonyl (C=O) groups is 1. The fourth-order valence-corrected chi connectivity index (χ4v) is 2.66. The number of nitrogens with zero attached hydrogens (tertiary/aromatic N) is 1. The van der Waals surface area contributed by atoms with E-state index >= 15 is 0 Å². The van der Waals surface area contributed by atoms with E-state index in [0.29, 0.717) is 12.8 Å². The molecule has 3 rings (SSSR count). The number of hydrogen-bond donors (Lipinski definition) is 1. The molecular weight excluding hydrogens is 292 g/mol. The molecule has 1 aliphatic rings. The summed E-state index contributed by atoms with van der Waals surface area (Å²) in [7, 11) is 0. The van der Waals surface area contributed by atoms with Crippen LogP contribution >= 0.6 is 11.6 Å². The minimum absolute atomic E-state index is 0.183. The number of pyridine rings is 1. The molecule has 1 saturated carbocycles. The molecule has 2 aromatic rings. The van der Waals surface area contributed by atoms with Gasteiger partial charge >= 0.3 is 5.97 Å². The molecule has 0 atom stereocenters. The van der Waals surface area contributed by atoms with Gasteiger partial charge in [0, 0.05) is 11.4 Å². The number of halogens is 3. The molecule has 1 N–H and O–H groups in total. The largest absolute Gasteiger partial charge is 0.477 e. The third kappa shape index (κ3) is 1.71. The summed E-state index contributed by atoms with van der Waals surface area (Å²) in [5, 5.41) is 8.55. The molecule has 0 aliphatic heterocycles. The average molecular weight is 300 g/mol. The Kier molecular flexibility index (Phi) is 2.79. The van der Waals surface area contributed by atoms with E-state index in [0.717, 1.165) is 12.1 Å². The van der Waals surface area contributed by atoms with Gasteiger partial charge in [0.25, 0.3) is 0 Å². The van der Waals surface area contributed by atoms with E-state index in [1.165, 1.54) is 4.57 Å². The molecule has 0 amide bonds. The zero-order valence-electron chi connectivity index (χ0n) is 9.99. The predicted octanol–water partition coefficient (Wildman–Crippen LogP) is 2.97. The van der Waals surface area contributed by atoms with E-state index in [2.05, 4.69) is 0 Å². The Morgan fingerprint density at radius 1 is 1.35 bits per heavy atom. The normalized spacial score (nSPS) is 14.8. The van der Waals surface area contributed by atoms with Gasteiger partial charge in [0.1, 0.15) is 10.7 Å². The van der Waals surface area contributed by atoms with E-state index in [1.807, 2.05) is 0 Å². The van der Waals surface area contributed by atoms with Crippen LogP contribution in [0.3, 0.4) is 0 Å².